The molecule has 30 heavy (non-hydrogen) atoms. The van der Waals surface area contributed by atoms with Crippen LogP contribution in [0.3, 0.4) is 0 Å². The van der Waals surface area contributed by atoms with Crippen LogP contribution in [0.15, 0.2) is 54.6 Å². The van der Waals surface area contributed by atoms with Gasteiger partial charge in [0, 0.05) is 33.1 Å². The molecule has 3 rings (SSSR count). The zero-order valence-electron chi connectivity index (χ0n) is 17.0. The smallest absolute Gasteiger partial charge is 0.256 e. The van der Waals surface area contributed by atoms with Crippen LogP contribution in [-0.4, -0.2) is 53.7 Å². The SMILES string of the molecule is CC(=O)NC(CC(=O)N1CCCN(C(=O)c2ccccc2F)CC1)c1ccccc1. The third-order valence-electron chi connectivity index (χ3n) is 5.20. The van der Waals surface area contributed by atoms with Crippen molar-refractivity contribution in [2.45, 2.75) is 25.8 Å². The van der Waals surface area contributed by atoms with Gasteiger partial charge in [0.1, 0.15) is 5.82 Å². The zero-order chi connectivity index (χ0) is 21.5. The van der Waals surface area contributed by atoms with Crippen molar-refractivity contribution in [2.75, 3.05) is 26.2 Å². The van der Waals surface area contributed by atoms with Gasteiger partial charge in [-0.1, -0.05) is 42.5 Å². The van der Waals surface area contributed by atoms with Crippen molar-refractivity contribution in [1.29, 1.82) is 0 Å². The first-order valence-electron chi connectivity index (χ1n) is 10.1. The molecular formula is C23H26FN3O3. The van der Waals surface area contributed by atoms with Crippen molar-refractivity contribution in [3.8, 4) is 0 Å². The minimum atomic E-state index is -0.541. The Kier molecular flexibility index (Phi) is 7.17. The second kappa shape index (κ2) is 10.0. The summed E-state index contributed by atoms with van der Waals surface area (Å²) < 4.78 is 14.0. The Morgan fingerprint density at radius 1 is 0.933 bits per heavy atom. The number of rotatable bonds is 5. The number of benzene rings is 2. The fourth-order valence-corrected chi connectivity index (χ4v) is 3.66. The number of amides is 3. The topological polar surface area (TPSA) is 69.7 Å². The monoisotopic (exact) mass is 411 g/mol. The second-order valence-corrected chi connectivity index (χ2v) is 7.37. The van der Waals surface area contributed by atoms with Crippen LogP contribution < -0.4 is 5.32 Å². The first-order valence-corrected chi connectivity index (χ1v) is 10.1. The van der Waals surface area contributed by atoms with Crippen LogP contribution in [0.2, 0.25) is 0 Å². The molecule has 1 unspecified atom stereocenters. The van der Waals surface area contributed by atoms with Crippen molar-refractivity contribution < 1.29 is 18.8 Å². The van der Waals surface area contributed by atoms with Gasteiger partial charge in [-0.3, -0.25) is 14.4 Å². The summed E-state index contributed by atoms with van der Waals surface area (Å²) in [6, 6.07) is 14.9. The van der Waals surface area contributed by atoms with E-state index in [4.69, 9.17) is 0 Å². The number of nitrogens with zero attached hydrogens (tertiary/aromatic N) is 2. The third-order valence-corrected chi connectivity index (χ3v) is 5.20. The summed E-state index contributed by atoms with van der Waals surface area (Å²) in [6.45, 7) is 3.13. The van der Waals surface area contributed by atoms with E-state index in [1.807, 2.05) is 30.3 Å². The highest BCUT2D eigenvalue weighted by Crippen LogP contribution is 2.19. The van der Waals surface area contributed by atoms with Gasteiger partial charge in [-0.15, -0.1) is 0 Å². The lowest BCUT2D eigenvalue weighted by Crippen LogP contribution is -2.39. The molecule has 2 aromatic rings. The van der Waals surface area contributed by atoms with Crippen LogP contribution in [-0.2, 0) is 9.59 Å². The molecule has 0 saturated carbocycles. The summed E-state index contributed by atoms with van der Waals surface area (Å²) in [7, 11) is 0. The molecule has 7 heteroatoms. The molecule has 1 aliphatic heterocycles. The van der Waals surface area contributed by atoms with Crippen LogP contribution in [0, 0.1) is 5.82 Å². The predicted molar refractivity (Wildman–Crippen MR) is 111 cm³/mol. The highest BCUT2D eigenvalue weighted by Gasteiger charge is 2.26. The number of nitrogens with one attached hydrogen (secondary N) is 1. The molecule has 1 aliphatic rings. The van der Waals surface area contributed by atoms with E-state index in [0.29, 0.717) is 32.6 Å². The largest absolute Gasteiger partial charge is 0.349 e. The maximum Gasteiger partial charge on any atom is 0.256 e. The Hall–Kier alpha value is -3.22. The Labute approximate surface area is 175 Å². The van der Waals surface area contributed by atoms with Crippen molar-refractivity contribution in [3.63, 3.8) is 0 Å². The lowest BCUT2D eigenvalue weighted by atomic mass is 10.0. The van der Waals surface area contributed by atoms with Gasteiger partial charge in [0.25, 0.3) is 5.91 Å². The maximum absolute atomic E-state index is 14.0. The van der Waals surface area contributed by atoms with Crippen molar-refractivity contribution in [3.05, 3.63) is 71.5 Å². The molecule has 3 amide bonds. The summed E-state index contributed by atoms with van der Waals surface area (Å²) >= 11 is 0. The molecule has 1 saturated heterocycles. The molecule has 6 nitrogen and oxygen atoms in total. The van der Waals surface area contributed by atoms with Gasteiger partial charge in [-0.25, -0.2) is 4.39 Å². The van der Waals surface area contributed by atoms with Gasteiger partial charge in [-0.05, 0) is 24.1 Å². The van der Waals surface area contributed by atoms with Crippen LogP contribution in [0.5, 0.6) is 0 Å². The number of carbonyl (C=O) groups is 3. The molecule has 2 aromatic carbocycles. The van der Waals surface area contributed by atoms with E-state index in [1.54, 1.807) is 21.9 Å². The molecule has 0 spiro atoms. The third kappa shape index (κ3) is 5.43. The summed E-state index contributed by atoms with van der Waals surface area (Å²) in [4.78, 5) is 40.5. The van der Waals surface area contributed by atoms with E-state index in [1.165, 1.54) is 19.1 Å². The van der Waals surface area contributed by atoms with Crippen LogP contribution in [0.1, 0.15) is 41.7 Å². The van der Waals surface area contributed by atoms with E-state index < -0.39 is 11.9 Å². The van der Waals surface area contributed by atoms with Gasteiger partial charge in [0.15, 0.2) is 0 Å². The molecule has 1 fully saturated rings. The molecular weight excluding hydrogens is 385 g/mol. The van der Waals surface area contributed by atoms with Crippen LogP contribution in [0.4, 0.5) is 4.39 Å². The summed E-state index contributed by atoms with van der Waals surface area (Å²) in [5.41, 5.74) is 0.916. The molecule has 1 heterocycles. The summed E-state index contributed by atoms with van der Waals surface area (Å²) in [5.74, 6) is -1.18. The number of halogens is 1. The lowest BCUT2D eigenvalue weighted by Gasteiger charge is -2.25. The van der Waals surface area contributed by atoms with Crippen LogP contribution in [0.25, 0.3) is 0 Å². The number of carbonyl (C=O) groups excluding carboxylic acids is 3. The van der Waals surface area contributed by atoms with Gasteiger partial charge in [-0.2, -0.15) is 0 Å². The van der Waals surface area contributed by atoms with Gasteiger partial charge < -0.3 is 15.1 Å². The van der Waals surface area contributed by atoms with Crippen LogP contribution >= 0.6 is 0 Å². The van der Waals surface area contributed by atoms with Crippen molar-refractivity contribution in [2.24, 2.45) is 0 Å². The molecule has 158 valence electrons. The maximum atomic E-state index is 14.0. The summed E-state index contributed by atoms with van der Waals surface area (Å²) in [5, 5.41) is 2.84. The minimum absolute atomic E-state index is 0.0482. The Morgan fingerprint density at radius 2 is 1.57 bits per heavy atom. The molecule has 1 atom stereocenters. The molecule has 0 bridgehead atoms. The quantitative estimate of drug-likeness (QED) is 0.823. The average molecular weight is 411 g/mol. The minimum Gasteiger partial charge on any atom is -0.349 e. The molecule has 0 aromatic heterocycles. The van der Waals surface area contributed by atoms with E-state index in [2.05, 4.69) is 5.32 Å². The number of hydrogen-bond donors (Lipinski definition) is 1. The molecule has 1 N–H and O–H groups in total. The van der Waals surface area contributed by atoms with Gasteiger partial charge in [0.2, 0.25) is 11.8 Å². The first kappa shape index (κ1) is 21.5. The highest BCUT2D eigenvalue weighted by molar-refractivity contribution is 5.94. The van der Waals surface area contributed by atoms with E-state index in [0.717, 1.165) is 5.56 Å². The van der Waals surface area contributed by atoms with Gasteiger partial charge in [0.05, 0.1) is 18.0 Å². The lowest BCUT2D eigenvalue weighted by molar-refractivity contribution is -0.131. The molecule has 0 radical (unpaired) electrons. The fraction of sp³-hybridized carbons (Fsp3) is 0.348. The normalized spacial score (nSPS) is 15.3. The summed E-state index contributed by atoms with van der Waals surface area (Å²) in [6.07, 6.45) is 0.757. The predicted octanol–water partition coefficient (Wildman–Crippen LogP) is 2.77. The van der Waals surface area contributed by atoms with Gasteiger partial charge >= 0.3 is 0 Å². The van der Waals surface area contributed by atoms with E-state index >= 15 is 0 Å². The second-order valence-electron chi connectivity index (χ2n) is 7.37. The highest BCUT2D eigenvalue weighted by atomic mass is 19.1. The standard InChI is InChI=1S/C23H26FN3O3/c1-17(28)25-21(18-8-3-2-4-9-18)16-22(29)26-12-7-13-27(15-14-26)23(30)19-10-5-6-11-20(19)24/h2-6,8-11,21H,7,12-16H2,1H3,(H,25,28). The first-order chi connectivity index (χ1) is 14.5. The van der Waals surface area contributed by atoms with E-state index in [-0.39, 0.29) is 29.7 Å². The van der Waals surface area contributed by atoms with Crippen molar-refractivity contribution in [1.82, 2.24) is 15.1 Å². The zero-order valence-corrected chi connectivity index (χ0v) is 17.0. The van der Waals surface area contributed by atoms with E-state index in [9.17, 15) is 18.8 Å². The Bertz CT molecular complexity index is 904. The average Bonchev–Trinajstić information content (AvgIpc) is 3.00. The Morgan fingerprint density at radius 3 is 2.27 bits per heavy atom. The molecule has 0 aliphatic carbocycles. The Balaban J connectivity index is 1.64. The number of hydrogen-bond acceptors (Lipinski definition) is 3. The van der Waals surface area contributed by atoms with Crippen molar-refractivity contribution >= 4 is 17.7 Å². The fourth-order valence-electron chi connectivity index (χ4n) is 3.66.